The minimum atomic E-state index is -0.841. The molecule has 0 aromatic heterocycles. The van der Waals surface area contributed by atoms with Crippen LogP contribution in [0.25, 0.3) is 0 Å². The molecule has 0 saturated carbocycles. The van der Waals surface area contributed by atoms with Crippen LogP contribution in [-0.2, 0) is 4.79 Å². The second-order valence-electron chi connectivity index (χ2n) is 5.09. The van der Waals surface area contributed by atoms with Crippen molar-refractivity contribution in [1.29, 1.82) is 0 Å². The smallest absolute Gasteiger partial charge is 0.239 e. The summed E-state index contributed by atoms with van der Waals surface area (Å²) >= 11 is 0. The van der Waals surface area contributed by atoms with Crippen LogP contribution in [0.2, 0.25) is 0 Å². The molecule has 1 amide bonds. The van der Waals surface area contributed by atoms with Crippen LogP contribution < -0.4 is 11.1 Å². The maximum absolute atomic E-state index is 11.6. The van der Waals surface area contributed by atoms with Gasteiger partial charge in [0.25, 0.3) is 0 Å². The number of hydrogen-bond acceptors (Lipinski definition) is 3. The number of nitrogens with one attached hydrogen (secondary N) is 1. The third-order valence-electron chi connectivity index (χ3n) is 3.35. The van der Waals surface area contributed by atoms with Crippen LogP contribution in [0.3, 0.4) is 0 Å². The third kappa shape index (κ3) is 4.49. The van der Waals surface area contributed by atoms with E-state index < -0.39 is 5.54 Å². The molecule has 0 aromatic carbocycles. The Morgan fingerprint density at radius 2 is 1.81 bits per heavy atom. The Labute approximate surface area is 98.6 Å². The summed E-state index contributed by atoms with van der Waals surface area (Å²) in [5.41, 5.74) is 4.86. The fourth-order valence-corrected chi connectivity index (χ4v) is 1.67. The molecule has 0 aliphatic rings. The summed E-state index contributed by atoms with van der Waals surface area (Å²) in [5.74, 6) is -0.142. The molecule has 0 aliphatic carbocycles. The Hall–Kier alpha value is -0.610. The van der Waals surface area contributed by atoms with E-state index in [0.717, 1.165) is 12.8 Å². The molecule has 0 fully saturated rings. The summed E-state index contributed by atoms with van der Waals surface area (Å²) in [5, 5.41) is 11.9. The van der Waals surface area contributed by atoms with Gasteiger partial charge in [0.05, 0.1) is 5.54 Å². The van der Waals surface area contributed by atoms with E-state index in [1.54, 1.807) is 13.8 Å². The van der Waals surface area contributed by atoms with Crippen molar-refractivity contribution in [2.24, 2.45) is 11.1 Å². The molecule has 4 N–H and O–H groups in total. The number of carbonyl (C=O) groups excluding carboxylic acids is 1. The van der Waals surface area contributed by atoms with Crippen molar-refractivity contribution in [3.63, 3.8) is 0 Å². The highest BCUT2D eigenvalue weighted by Crippen LogP contribution is 2.29. The zero-order chi connectivity index (χ0) is 12.8. The SMILES string of the molecule is CCC(CC)(CCO)CNC(=O)C(C)(C)N. The van der Waals surface area contributed by atoms with E-state index in [-0.39, 0.29) is 17.9 Å². The summed E-state index contributed by atoms with van der Waals surface area (Å²) in [6.07, 6.45) is 2.59. The van der Waals surface area contributed by atoms with E-state index in [9.17, 15) is 4.79 Å². The molecular formula is C12H26N2O2. The summed E-state index contributed by atoms with van der Waals surface area (Å²) in [7, 11) is 0. The Kier molecular flexibility index (Phi) is 5.97. The van der Waals surface area contributed by atoms with Gasteiger partial charge in [-0.05, 0) is 38.5 Å². The predicted octanol–water partition coefficient (Wildman–Crippen LogP) is 1.03. The van der Waals surface area contributed by atoms with Crippen molar-refractivity contribution in [1.82, 2.24) is 5.32 Å². The van der Waals surface area contributed by atoms with E-state index >= 15 is 0 Å². The molecule has 0 saturated heterocycles. The summed E-state index contributed by atoms with van der Waals surface area (Å²) in [4.78, 5) is 11.6. The quantitative estimate of drug-likeness (QED) is 0.611. The van der Waals surface area contributed by atoms with E-state index in [4.69, 9.17) is 10.8 Å². The highest BCUT2D eigenvalue weighted by molar-refractivity contribution is 5.85. The first-order chi connectivity index (χ1) is 7.31. The lowest BCUT2D eigenvalue weighted by molar-refractivity contribution is -0.125. The first kappa shape index (κ1) is 15.4. The average Bonchev–Trinajstić information content (AvgIpc) is 2.22. The zero-order valence-electron chi connectivity index (χ0n) is 11.0. The van der Waals surface area contributed by atoms with Crippen molar-refractivity contribution in [3.05, 3.63) is 0 Å². The lowest BCUT2D eigenvalue weighted by atomic mass is 9.79. The Balaban J connectivity index is 4.38. The lowest BCUT2D eigenvalue weighted by Gasteiger charge is -2.32. The monoisotopic (exact) mass is 230 g/mol. The van der Waals surface area contributed by atoms with Gasteiger partial charge in [-0.15, -0.1) is 0 Å². The fraction of sp³-hybridized carbons (Fsp3) is 0.917. The highest BCUT2D eigenvalue weighted by atomic mass is 16.3. The maximum atomic E-state index is 11.6. The molecule has 16 heavy (non-hydrogen) atoms. The molecule has 0 aliphatic heterocycles. The van der Waals surface area contributed by atoms with Crippen LogP contribution in [0.1, 0.15) is 47.0 Å². The van der Waals surface area contributed by atoms with Gasteiger partial charge in [0.2, 0.25) is 5.91 Å². The summed E-state index contributed by atoms with van der Waals surface area (Å²) in [6, 6.07) is 0. The molecule has 0 rings (SSSR count). The minimum absolute atomic E-state index is 0.00431. The molecule has 96 valence electrons. The second kappa shape index (κ2) is 6.21. The number of amides is 1. The molecular weight excluding hydrogens is 204 g/mol. The Morgan fingerprint density at radius 1 is 1.31 bits per heavy atom. The van der Waals surface area contributed by atoms with E-state index in [1.807, 2.05) is 0 Å². The fourth-order valence-electron chi connectivity index (χ4n) is 1.67. The molecule has 0 unspecified atom stereocenters. The van der Waals surface area contributed by atoms with Gasteiger partial charge in [0.1, 0.15) is 0 Å². The van der Waals surface area contributed by atoms with Crippen molar-refractivity contribution < 1.29 is 9.90 Å². The molecule has 4 heteroatoms. The van der Waals surface area contributed by atoms with Gasteiger partial charge in [0, 0.05) is 13.2 Å². The van der Waals surface area contributed by atoms with E-state index in [1.165, 1.54) is 0 Å². The van der Waals surface area contributed by atoms with Gasteiger partial charge in [-0.25, -0.2) is 0 Å². The highest BCUT2D eigenvalue weighted by Gasteiger charge is 2.29. The van der Waals surface area contributed by atoms with Gasteiger partial charge >= 0.3 is 0 Å². The standard InChI is InChI=1S/C12H26N2O2/c1-5-12(6-2,7-8-15)9-14-10(16)11(3,4)13/h15H,5-9,13H2,1-4H3,(H,14,16). The first-order valence-corrected chi connectivity index (χ1v) is 5.99. The van der Waals surface area contributed by atoms with Gasteiger partial charge in [-0.1, -0.05) is 13.8 Å². The predicted molar refractivity (Wildman–Crippen MR) is 66.0 cm³/mol. The minimum Gasteiger partial charge on any atom is -0.396 e. The molecule has 0 aromatic rings. The number of carbonyl (C=O) groups is 1. The normalized spacial score (nSPS) is 12.6. The van der Waals surface area contributed by atoms with Crippen LogP contribution in [0.5, 0.6) is 0 Å². The van der Waals surface area contributed by atoms with Gasteiger partial charge in [-0.3, -0.25) is 4.79 Å². The molecule has 0 bridgehead atoms. The van der Waals surface area contributed by atoms with Crippen LogP contribution in [-0.4, -0.2) is 29.7 Å². The van der Waals surface area contributed by atoms with Crippen LogP contribution in [0.15, 0.2) is 0 Å². The van der Waals surface area contributed by atoms with Gasteiger partial charge in [-0.2, -0.15) is 0 Å². The number of nitrogens with two attached hydrogens (primary N) is 1. The topological polar surface area (TPSA) is 75.3 Å². The number of hydrogen-bond donors (Lipinski definition) is 3. The van der Waals surface area contributed by atoms with Crippen molar-refractivity contribution in [2.75, 3.05) is 13.2 Å². The largest absolute Gasteiger partial charge is 0.396 e. The molecule has 4 nitrogen and oxygen atoms in total. The molecule has 0 spiro atoms. The molecule has 0 atom stereocenters. The number of aliphatic hydroxyl groups is 1. The van der Waals surface area contributed by atoms with E-state index in [2.05, 4.69) is 19.2 Å². The van der Waals surface area contributed by atoms with Crippen LogP contribution in [0.4, 0.5) is 0 Å². The Morgan fingerprint density at radius 3 is 2.12 bits per heavy atom. The molecule has 0 heterocycles. The van der Waals surface area contributed by atoms with E-state index in [0.29, 0.717) is 13.0 Å². The third-order valence-corrected chi connectivity index (χ3v) is 3.35. The van der Waals surface area contributed by atoms with Crippen LogP contribution in [0, 0.1) is 5.41 Å². The Bertz CT molecular complexity index is 218. The van der Waals surface area contributed by atoms with Gasteiger partial charge < -0.3 is 16.2 Å². The van der Waals surface area contributed by atoms with Crippen molar-refractivity contribution in [2.45, 2.75) is 52.5 Å². The lowest BCUT2D eigenvalue weighted by Crippen LogP contribution is -2.51. The van der Waals surface area contributed by atoms with Gasteiger partial charge in [0.15, 0.2) is 0 Å². The van der Waals surface area contributed by atoms with Crippen molar-refractivity contribution in [3.8, 4) is 0 Å². The first-order valence-electron chi connectivity index (χ1n) is 5.99. The van der Waals surface area contributed by atoms with Crippen LogP contribution >= 0.6 is 0 Å². The zero-order valence-corrected chi connectivity index (χ0v) is 11.0. The summed E-state index contributed by atoms with van der Waals surface area (Å²) in [6.45, 7) is 8.28. The maximum Gasteiger partial charge on any atom is 0.239 e. The number of aliphatic hydroxyl groups excluding tert-OH is 1. The van der Waals surface area contributed by atoms with Crippen molar-refractivity contribution >= 4 is 5.91 Å². The second-order valence-corrected chi connectivity index (χ2v) is 5.09. The number of rotatable bonds is 7. The molecule has 0 radical (unpaired) electrons. The average molecular weight is 230 g/mol. The summed E-state index contributed by atoms with van der Waals surface area (Å²) < 4.78 is 0.